The molecule has 39 heavy (non-hydrogen) atoms. The van der Waals surface area contributed by atoms with Crippen molar-refractivity contribution in [3.63, 3.8) is 0 Å². The van der Waals surface area contributed by atoms with Crippen LogP contribution in [-0.4, -0.2) is 1.43 Å². The molecule has 0 aliphatic heterocycles. The van der Waals surface area contributed by atoms with Crippen LogP contribution in [0.4, 0.5) is 0 Å². The zero-order valence-electron chi connectivity index (χ0n) is 20.3. The Morgan fingerprint density at radius 2 is 0.692 bits per heavy atom. The van der Waals surface area contributed by atoms with E-state index in [2.05, 4.69) is 240 Å². The maximum atomic E-state index is 3.38. The van der Waals surface area contributed by atoms with E-state index in [-0.39, 0.29) is 18.2 Å². The van der Waals surface area contributed by atoms with Gasteiger partial charge in [-0.1, -0.05) is 215 Å². The molecule has 0 saturated carbocycles. The average molecular weight is 1110 g/mol. The minimum absolute atomic E-state index is 0. The van der Waals surface area contributed by atoms with E-state index in [1.165, 1.54) is 55.3 Å². The third-order valence-corrected chi connectivity index (χ3v) is 15.2. The fraction of sp³-hybridized carbons (Fsp3) is 0.0303. The minimum Gasteiger partial charge on any atom is -0.230 e. The molecule has 0 fully saturated rings. The molecular weight excluding hydrogens is 1090 g/mol. The van der Waals surface area contributed by atoms with E-state index in [1.54, 1.807) is 0 Å². The second kappa shape index (κ2) is 14.4. The maximum Gasteiger partial charge on any atom is 0.0353 e. The van der Waals surface area contributed by atoms with E-state index >= 15 is 0 Å². The summed E-state index contributed by atoms with van der Waals surface area (Å²) in [5, 5.41) is 0. The van der Waals surface area contributed by atoms with Gasteiger partial charge in [-0.2, -0.15) is 22.6 Å². The predicted octanol–water partition coefficient (Wildman–Crippen LogP) is 12.0. The molecule has 4 aromatic carbocycles. The molecular formula is C33H20CoI5-. The Morgan fingerprint density at radius 3 is 0.846 bits per heavy atom. The fourth-order valence-electron chi connectivity index (χ4n) is 4.49. The Morgan fingerprint density at radius 1 is 0.436 bits per heavy atom. The van der Waals surface area contributed by atoms with Crippen molar-refractivity contribution < 1.29 is 16.8 Å². The van der Waals surface area contributed by atoms with E-state index in [4.69, 9.17) is 0 Å². The van der Waals surface area contributed by atoms with Gasteiger partial charge in [0.2, 0.25) is 0 Å². The molecule has 6 rings (SSSR count). The standard InChI is InChI=1S/C28H20.C5I5.Co/c1-5-13-21(14-6-1)25-26(22-15-7-2-8-16-22)28(24-19-11-4-12-20-24)27(25)23-17-9-3-10-18-23;6-2-1-5(9,10)4(8)3(2)7;/h1-20H;;/q;-1;. The molecule has 0 bridgehead atoms. The van der Waals surface area contributed by atoms with Crippen LogP contribution in [-0.2, 0) is 16.8 Å². The van der Waals surface area contributed by atoms with Gasteiger partial charge in [0.25, 0.3) is 0 Å². The van der Waals surface area contributed by atoms with Crippen LogP contribution in [0.2, 0.25) is 0 Å². The number of hydrogen-bond donors (Lipinski definition) is 0. The third kappa shape index (κ3) is 7.15. The van der Waals surface area contributed by atoms with Gasteiger partial charge in [-0.3, -0.25) is 0 Å². The Hall–Kier alpha value is -0.00351. The number of alkyl halides is 2. The number of rotatable bonds is 4. The van der Waals surface area contributed by atoms with Crippen LogP contribution in [0.25, 0.3) is 22.3 Å². The first-order chi connectivity index (χ1) is 18.4. The van der Waals surface area contributed by atoms with Crippen LogP contribution in [0.3, 0.4) is 0 Å². The molecule has 2 aliphatic carbocycles. The van der Waals surface area contributed by atoms with Crippen LogP contribution in [0.15, 0.2) is 132 Å². The molecule has 4 aromatic rings. The van der Waals surface area contributed by atoms with Gasteiger partial charge in [0.15, 0.2) is 0 Å². The molecule has 0 heterocycles. The quantitative estimate of drug-likeness (QED) is 0.109. The Balaban J connectivity index is 0.000000273. The average Bonchev–Trinajstić information content (AvgIpc) is 3.11. The second-order valence-corrected chi connectivity index (χ2v) is 17.1. The molecule has 2 aliphatic rings. The van der Waals surface area contributed by atoms with Crippen molar-refractivity contribution in [1.29, 1.82) is 0 Å². The van der Waals surface area contributed by atoms with E-state index < -0.39 is 0 Å². The van der Waals surface area contributed by atoms with Gasteiger partial charge in [-0.15, -0.1) is 7.16 Å². The topological polar surface area (TPSA) is 0 Å². The van der Waals surface area contributed by atoms with Crippen molar-refractivity contribution >= 4 is 135 Å². The number of benzene rings is 4. The van der Waals surface area contributed by atoms with Crippen molar-refractivity contribution in [3.8, 4) is 0 Å². The van der Waals surface area contributed by atoms with Gasteiger partial charge in [-0.05, 0) is 44.5 Å². The fourth-order valence-corrected chi connectivity index (χ4v) is 9.77. The Labute approximate surface area is 309 Å². The SMILES string of the molecule is IC1=[C-]C(I)(I)C(I)=C1I.[Co].c1ccc(C2=C(c3ccccc3)C(c3ccccc3)=C2c2ccccc2)cc1. The second-order valence-electron chi connectivity index (χ2n) is 8.61. The molecule has 0 amide bonds. The summed E-state index contributed by atoms with van der Waals surface area (Å²) in [6, 6.07) is 43.0. The van der Waals surface area contributed by atoms with Gasteiger partial charge >= 0.3 is 0 Å². The molecule has 197 valence electrons. The number of hydrogen-bond acceptors (Lipinski definition) is 0. The summed E-state index contributed by atoms with van der Waals surface area (Å²) < 4.78 is 4.09. The van der Waals surface area contributed by atoms with Crippen LogP contribution < -0.4 is 0 Å². The van der Waals surface area contributed by atoms with Crippen molar-refractivity contribution in [2.45, 2.75) is 1.43 Å². The first-order valence-corrected chi connectivity index (χ1v) is 17.2. The molecule has 0 nitrogen and oxygen atoms in total. The summed E-state index contributed by atoms with van der Waals surface area (Å²) in [6.07, 6.45) is 3.38. The Kier molecular flexibility index (Phi) is 11.8. The van der Waals surface area contributed by atoms with Crippen molar-refractivity contribution in [2.75, 3.05) is 0 Å². The van der Waals surface area contributed by atoms with Crippen molar-refractivity contribution in [2.24, 2.45) is 0 Å². The molecule has 1 radical (unpaired) electrons. The summed E-state index contributed by atoms with van der Waals surface area (Å²) in [4.78, 5) is 0. The van der Waals surface area contributed by atoms with Gasteiger partial charge in [0.1, 0.15) is 0 Å². The third-order valence-electron chi connectivity index (χ3n) is 6.18. The van der Waals surface area contributed by atoms with E-state index in [1.807, 2.05) is 0 Å². The summed E-state index contributed by atoms with van der Waals surface area (Å²) in [5.41, 5.74) is 10.4. The number of allylic oxidation sites excluding steroid dienone is 8. The summed E-state index contributed by atoms with van der Waals surface area (Å²) in [7, 11) is 0. The summed E-state index contributed by atoms with van der Waals surface area (Å²) >= 11 is 11.9. The smallest absolute Gasteiger partial charge is 0.0353 e. The molecule has 0 saturated heterocycles. The van der Waals surface area contributed by atoms with Crippen molar-refractivity contribution in [3.05, 3.63) is 160 Å². The molecule has 0 aromatic heterocycles. The zero-order valence-corrected chi connectivity index (χ0v) is 32.1. The molecule has 0 N–H and O–H groups in total. The van der Waals surface area contributed by atoms with Gasteiger partial charge in [0.05, 0.1) is 0 Å². The van der Waals surface area contributed by atoms with E-state index in [9.17, 15) is 0 Å². The summed E-state index contributed by atoms with van der Waals surface area (Å²) in [5.74, 6) is 0. The first-order valence-electron chi connectivity index (χ1n) is 11.8. The van der Waals surface area contributed by atoms with Crippen LogP contribution >= 0.6 is 113 Å². The van der Waals surface area contributed by atoms with Crippen LogP contribution in [0.5, 0.6) is 0 Å². The Bertz CT molecular complexity index is 1370. The molecule has 0 unspecified atom stereocenters. The van der Waals surface area contributed by atoms with E-state index in [0.29, 0.717) is 0 Å². The largest absolute Gasteiger partial charge is 0.230 e. The normalized spacial score (nSPS) is 15.7. The van der Waals surface area contributed by atoms with E-state index in [0.717, 1.165) is 0 Å². The maximum absolute atomic E-state index is 3.38. The molecule has 0 spiro atoms. The van der Waals surface area contributed by atoms with Gasteiger partial charge in [-0.25, -0.2) is 6.08 Å². The molecule has 0 atom stereocenters. The zero-order chi connectivity index (χ0) is 26.7. The number of halogens is 5. The van der Waals surface area contributed by atoms with Crippen LogP contribution in [0, 0.1) is 6.08 Å². The molecule has 6 heteroatoms. The first kappa shape index (κ1) is 31.9. The predicted molar refractivity (Wildman–Crippen MR) is 206 cm³/mol. The summed E-state index contributed by atoms with van der Waals surface area (Å²) in [6.45, 7) is 0. The van der Waals surface area contributed by atoms with Gasteiger partial charge in [0, 0.05) is 18.2 Å². The monoisotopic (exact) mass is 1110 g/mol. The minimum atomic E-state index is 0. The van der Waals surface area contributed by atoms with Crippen LogP contribution in [0.1, 0.15) is 22.3 Å². The van der Waals surface area contributed by atoms with Crippen molar-refractivity contribution in [1.82, 2.24) is 0 Å². The van der Waals surface area contributed by atoms with Gasteiger partial charge < -0.3 is 0 Å².